The summed E-state index contributed by atoms with van der Waals surface area (Å²) in [6.07, 6.45) is 5.54. The summed E-state index contributed by atoms with van der Waals surface area (Å²) in [7, 11) is 0. The van der Waals surface area contributed by atoms with Crippen molar-refractivity contribution in [3.8, 4) is 5.75 Å². The molecule has 0 spiro atoms. The molecule has 2 rings (SSSR count). The van der Waals surface area contributed by atoms with Gasteiger partial charge < -0.3 is 14.7 Å². The lowest BCUT2D eigenvalue weighted by atomic mass is 9.90. The van der Waals surface area contributed by atoms with Crippen LogP contribution in [0.2, 0.25) is 0 Å². The van der Waals surface area contributed by atoms with Crippen molar-refractivity contribution in [1.29, 1.82) is 0 Å². The Bertz CT molecular complexity index is 483. The van der Waals surface area contributed by atoms with E-state index in [0.717, 1.165) is 12.8 Å². The Morgan fingerprint density at radius 1 is 1.43 bits per heavy atom. The number of ether oxygens (including phenoxy) is 1. The van der Waals surface area contributed by atoms with E-state index in [0.29, 0.717) is 36.9 Å². The Balaban J connectivity index is 2.16. The predicted octanol–water partition coefficient (Wildman–Crippen LogP) is 2.63. The highest BCUT2D eigenvalue weighted by molar-refractivity contribution is 5.97. The highest BCUT2D eigenvalue weighted by atomic mass is 16.5. The second-order valence-corrected chi connectivity index (χ2v) is 5.26. The monoisotopic (exact) mass is 289 g/mol. The Morgan fingerprint density at radius 3 is 2.81 bits per heavy atom. The Labute approximate surface area is 126 Å². The van der Waals surface area contributed by atoms with E-state index < -0.39 is 0 Å². The molecule has 0 saturated heterocycles. The number of hydrogen-bond donors (Lipinski definition) is 1. The minimum Gasteiger partial charge on any atom is -0.489 e. The fourth-order valence-corrected chi connectivity index (χ4v) is 2.46. The molecule has 0 unspecified atom stereocenters. The Hall–Kier alpha value is -1.81. The largest absolute Gasteiger partial charge is 0.489 e. The van der Waals surface area contributed by atoms with Crippen LogP contribution in [0.25, 0.3) is 0 Å². The molecule has 0 aromatic heterocycles. The van der Waals surface area contributed by atoms with Crippen LogP contribution < -0.4 is 4.74 Å². The molecule has 0 radical (unpaired) electrons. The van der Waals surface area contributed by atoms with Crippen molar-refractivity contribution in [1.82, 2.24) is 4.90 Å². The van der Waals surface area contributed by atoms with Gasteiger partial charge in [0.15, 0.2) is 0 Å². The van der Waals surface area contributed by atoms with Crippen molar-refractivity contribution in [2.24, 2.45) is 0 Å². The number of rotatable bonds is 8. The number of aliphatic hydroxyl groups is 1. The number of benzene rings is 1. The van der Waals surface area contributed by atoms with Crippen LogP contribution in [0.1, 0.15) is 36.0 Å². The van der Waals surface area contributed by atoms with Gasteiger partial charge >= 0.3 is 0 Å². The maximum atomic E-state index is 12.8. The Kier molecular flexibility index (Phi) is 5.81. The lowest BCUT2D eigenvalue weighted by molar-refractivity contribution is 0.0559. The zero-order valence-corrected chi connectivity index (χ0v) is 12.3. The zero-order chi connectivity index (χ0) is 15.1. The molecule has 1 N–H and O–H groups in total. The van der Waals surface area contributed by atoms with E-state index in [9.17, 15) is 4.79 Å². The fourth-order valence-electron chi connectivity index (χ4n) is 2.46. The van der Waals surface area contributed by atoms with Gasteiger partial charge in [-0.25, -0.2) is 0 Å². The molecule has 0 atom stereocenters. The van der Waals surface area contributed by atoms with Crippen LogP contribution in [0.4, 0.5) is 0 Å². The average molecular weight is 289 g/mol. The summed E-state index contributed by atoms with van der Waals surface area (Å²) in [5, 5.41) is 9.04. The number of para-hydroxylation sites is 1. The molecular weight excluding hydrogens is 266 g/mol. The lowest BCUT2D eigenvalue weighted by Gasteiger charge is -2.37. The van der Waals surface area contributed by atoms with Crippen LogP contribution in [0, 0.1) is 0 Å². The maximum Gasteiger partial charge on any atom is 0.257 e. The first-order valence-corrected chi connectivity index (χ1v) is 7.52. The maximum absolute atomic E-state index is 12.8. The normalized spacial score (nSPS) is 14.3. The summed E-state index contributed by atoms with van der Waals surface area (Å²) < 4.78 is 5.58. The molecule has 1 fully saturated rings. The molecule has 1 saturated carbocycles. The minimum atomic E-state index is -0.00666. The van der Waals surface area contributed by atoms with Crippen molar-refractivity contribution in [3.05, 3.63) is 42.5 Å². The molecule has 1 amide bonds. The highest BCUT2D eigenvalue weighted by Crippen LogP contribution is 2.28. The van der Waals surface area contributed by atoms with Gasteiger partial charge in [0, 0.05) is 19.2 Å². The summed E-state index contributed by atoms with van der Waals surface area (Å²) >= 11 is 0. The first kappa shape index (κ1) is 15.6. The molecule has 114 valence electrons. The average Bonchev–Trinajstić information content (AvgIpc) is 2.47. The quantitative estimate of drug-likeness (QED) is 0.748. The van der Waals surface area contributed by atoms with Gasteiger partial charge in [0.05, 0.1) is 5.56 Å². The minimum absolute atomic E-state index is 0.00666. The second-order valence-electron chi connectivity index (χ2n) is 5.26. The van der Waals surface area contributed by atoms with Crippen molar-refractivity contribution in [3.63, 3.8) is 0 Å². The summed E-state index contributed by atoms with van der Waals surface area (Å²) in [5.74, 6) is 0.587. The molecule has 1 aliphatic carbocycles. The molecule has 1 aromatic rings. The lowest BCUT2D eigenvalue weighted by Crippen LogP contribution is -2.45. The second kappa shape index (κ2) is 7.84. The smallest absolute Gasteiger partial charge is 0.257 e. The first-order chi connectivity index (χ1) is 10.3. The van der Waals surface area contributed by atoms with Crippen LogP contribution in [0.15, 0.2) is 36.9 Å². The topological polar surface area (TPSA) is 49.8 Å². The number of carbonyl (C=O) groups is 1. The highest BCUT2D eigenvalue weighted by Gasteiger charge is 2.30. The molecule has 4 nitrogen and oxygen atoms in total. The molecule has 4 heteroatoms. The van der Waals surface area contributed by atoms with E-state index in [1.807, 2.05) is 23.1 Å². The third-order valence-corrected chi connectivity index (χ3v) is 3.81. The van der Waals surface area contributed by atoms with Gasteiger partial charge in [-0.3, -0.25) is 4.79 Å². The van der Waals surface area contributed by atoms with Crippen LogP contribution in [-0.4, -0.2) is 41.7 Å². The number of carbonyl (C=O) groups excluding carboxylic acids is 1. The van der Waals surface area contributed by atoms with Gasteiger partial charge in [-0.1, -0.05) is 24.8 Å². The van der Waals surface area contributed by atoms with E-state index in [1.54, 1.807) is 12.1 Å². The standard InChI is InChI=1S/C17H23NO3/c1-2-13-21-16-10-4-3-9-15(16)17(20)18(11-6-12-19)14-7-5-8-14/h2-4,9-10,14,19H,1,5-8,11-13H2. The third-order valence-electron chi connectivity index (χ3n) is 3.81. The number of aliphatic hydroxyl groups excluding tert-OH is 1. The molecule has 21 heavy (non-hydrogen) atoms. The van der Waals surface area contributed by atoms with Gasteiger partial charge in [-0.15, -0.1) is 0 Å². The van der Waals surface area contributed by atoms with E-state index in [1.165, 1.54) is 6.42 Å². The van der Waals surface area contributed by atoms with Crippen LogP contribution in [0.3, 0.4) is 0 Å². The van der Waals surface area contributed by atoms with E-state index in [4.69, 9.17) is 9.84 Å². The molecular formula is C17H23NO3. The number of amides is 1. The van der Waals surface area contributed by atoms with E-state index >= 15 is 0 Å². The fraction of sp³-hybridized carbons (Fsp3) is 0.471. The summed E-state index contributed by atoms with van der Waals surface area (Å²) in [6, 6.07) is 7.61. The molecule has 0 heterocycles. The van der Waals surface area contributed by atoms with Crippen LogP contribution in [-0.2, 0) is 0 Å². The Morgan fingerprint density at radius 2 is 2.19 bits per heavy atom. The van der Waals surface area contributed by atoms with Gasteiger partial charge in [-0.05, 0) is 37.8 Å². The van der Waals surface area contributed by atoms with Crippen molar-refractivity contribution in [2.45, 2.75) is 31.7 Å². The molecule has 0 bridgehead atoms. The van der Waals surface area contributed by atoms with Gasteiger partial charge in [0.25, 0.3) is 5.91 Å². The molecule has 0 aliphatic heterocycles. The first-order valence-electron chi connectivity index (χ1n) is 7.52. The summed E-state index contributed by atoms with van der Waals surface area (Å²) in [5.41, 5.74) is 0.587. The predicted molar refractivity (Wildman–Crippen MR) is 82.5 cm³/mol. The van der Waals surface area contributed by atoms with Crippen molar-refractivity contribution in [2.75, 3.05) is 19.8 Å². The van der Waals surface area contributed by atoms with Gasteiger partial charge in [0.1, 0.15) is 12.4 Å². The van der Waals surface area contributed by atoms with Crippen molar-refractivity contribution < 1.29 is 14.6 Å². The zero-order valence-electron chi connectivity index (χ0n) is 12.3. The van der Waals surface area contributed by atoms with Gasteiger partial charge in [-0.2, -0.15) is 0 Å². The number of hydrogen-bond acceptors (Lipinski definition) is 3. The van der Waals surface area contributed by atoms with Gasteiger partial charge in [0.2, 0.25) is 0 Å². The number of nitrogens with zero attached hydrogens (tertiary/aromatic N) is 1. The van der Waals surface area contributed by atoms with E-state index in [2.05, 4.69) is 6.58 Å². The summed E-state index contributed by atoms with van der Waals surface area (Å²) in [4.78, 5) is 14.7. The third kappa shape index (κ3) is 3.85. The van der Waals surface area contributed by atoms with Crippen LogP contribution in [0.5, 0.6) is 5.75 Å². The van der Waals surface area contributed by atoms with Crippen LogP contribution >= 0.6 is 0 Å². The van der Waals surface area contributed by atoms with Crippen molar-refractivity contribution >= 4 is 5.91 Å². The SMILES string of the molecule is C=CCOc1ccccc1C(=O)N(CCCO)C1CCC1. The summed E-state index contributed by atoms with van der Waals surface area (Å²) in [6.45, 7) is 4.70. The molecule has 1 aliphatic rings. The van der Waals surface area contributed by atoms with E-state index in [-0.39, 0.29) is 12.5 Å². The molecule has 1 aromatic carbocycles.